The summed E-state index contributed by atoms with van der Waals surface area (Å²) < 4.78 is 0. The number of nitrogens with one attached hydrogen (secondary N) is 3. The van der Waals surface area contributed by atoms with E-state index in [2.05, 4.69) is 33.0 Å². The Kier molecular flexibility index (Phi) is 6.64. The van der Waals surface area contributed by atoms with Crippen molar-refractivity contribution < 1.29 is 9.59 Å². The van der Waals surface area contributed by atoms with Gasteiger partial charge in [0.1, 0.15) is 0 Å². The van der Waals surface area contributed by atoms with Gasteiger partial charge in [-0.3, -0.25) is 19.8 Å². The molecule has 2 amide bonds. The monoisotopic (exact) mass is 466 g/mol. The molecule has 2 heterocycles. The number of imide groups is 1. The topological polar surface area (TPSA) is 73.5 Å². The second-order valence-corrected chi connectivity index (χ2v) is 9.22. The van der Waals surface area contributed by atoms with Crippen molar-refractivity contribution in [1.29, 1.82) is 0 Å². The number of amides is 2. The van der Waals surface area contributed by atoms with Gasteiger partial charge in [-0.05, 0) is 80.4 Å². The Morgan fingerprint density at radius 3 is 2.37 bits per heavy atom. The molecule has 5 rings (SSSR count). The average Bonchev–Trinajstić information content (AvgIpc) is 2.87. The van der Waals surface area contributed by atoms with E-state index < -0.39 is 5.91 Å². The lowest BCUT2D eigenvalue weighted by Crippen LogP contribution is -2.36. The summed E-state index contributed by atoms with van der Waals surface area (Å²) in [4.78, 5) is 27.7. The van der Waals surface area contributed by atoms with Gasteiger partial charge in [-0.2, -0.15) is 0 Å². The average molecular weight is 467 g/mol. The summed E-state index contributed by atoms with van der Waals surface area (Å²) in [7, 11) is 0. The number of nitrogens with zero attached hydrogens (tertiary/aromatic N) is 1. The number of carbonyl (C=O) groups is 2. The molecule has 0 atom stereocenters. The fraction of sp³-hybridized carbons (Fsp3) is 0.241. The van der Waals surface area contributed by atoms with Crippen molar-refractivity contribution in [2.45, 2.75) is 32.7 Å². The molecular formula is C29H30N4O2. The highest BCUT2D eigenvalue weighted by molar-refractivity contribution is 6.31. The third-order valence-corrected chi connectivity index (χ3v) is 6.64. The smallest absolute Gasteiger partial charge is 0.260 e. The third-order valence-electron chi connectivity index (χ3n) is 6.64. The Morgan fingerprint density at radius 2 is 1.60 bits per heavy atom. The van der Waals surface area contributed by atoms with Gasteiger partial charge in [-0.25, -0.2) is 0 Å². The van der Waals surface area contributed by atoms with Crippen LogP contribution in [0.25, 0.3) is 5.57 Å². The van der Waals surface area contributed by atoms with Crippen LogP contribution in [0, 0.1) is 6.92 Å². The van der Waals surface area contributed by atoms with Crippen LogP contribution >= 0.6 is 0 Å². The first-order chi connectivity index (χ1) is 17.1. The summed E-state index contributed by atoms with van der Waals surface area (Å²) >= 11 is 0. The molecule has 1 fully saturated rings. The van der Waals surface area contributed by atoms with Crippen molar-refractivity contribution in [3.8, 4) is 0 Å². The molecule has 0 radical (unpaired) electrons. The molecule has 0 saturated carbocycles. The minimum atomic E-state index is -0.412. The molecule has 6 heteroatoms. The highest BCUT2D eigenvalue weighted by atomic mass is 16.2. The fourth-order valence-corrected chi connectivity index (χ4v) is 4.65. The Morgan fingerprint density at radius 1 is 0.857 bits per heavy atom. The summed E-state index contributed by atoms with van der Waals surface area (Å²) in [5.41, 5.74) is 6.58. The minimum absolute atomic E-state index is 0.383. The molecule has 2 aliphatic heterocycles. The van der Waals surface area contributed by atoms with Crippen LogP contribution in [-0.4, -0.2) is 29.8 Å². The van der Waals surface area contributed by atoms with Gasteiger partial charge in [0.25, 0.3) is 11.8 Å². The van der Waals surface area contributed by atoms with Crippen LogP contribution in [0.5, 0.6) is 0 Å². The predicted molar refractivity (Wildman–Crippen MR) is 141 cm³/mol. The number of piperidine rings is 1. The molecule has 178 valence electrons. The number of para-hydroxylation sites is 1. The number of fused-ring (bicyclic) bond motifs is 1. The zero-order chi connectivity index (χ0) is 24.2. The van der Waals surface area contributed by atoms with E-state index in [9.17, 15) is 9.59 Å². The van der Waals surface area contributed by atoms with Gasteiger partial charge < -0.3 is 10.6 Å². The lowest BCUT2D eigenvalue weighted by molar-refractivity contribution is -0.114. The summed E-state index contributed by atoms with van der Waals surface area (Å²) in [6.45, 7) is 5.33. The van der Waals surface area contributed by atoms with Gasteiger partial charge in [0.2, 0.25) is 0 Å². The SMILES string of the molecule is Cc1ccccc1Nc1ccc2c(c1)/C(=C\Nc1ccc(CN3CCCCC3)cc1)C(=O)NC2=O. The van der Waals surface area contributed by atoms with Gasteiger partial charge >= 0.3 is 0 Å². The molecule has 0 unspecified atom stereocenters. The Hall–Kier alpha value is -3.90. The van der Waals surface area contributed by atoms with E-state index >= 15 is 0 Å². The van der Waals surface area contributed by atoms with Crippen molar-refractivity contribution >= 4 is 34.4 Å². The number of anilines is 3. The van der Waals surface area contributed by atoms with Crippen molar-refractivity contribution in [3.05, 3.63) is 95.2 Å². The van der Waals surface area contributed by atoms with Crippen molar-refractivity contribution in [1.82, 2.24) is 10.2 Å². The summed E-state index contributed by atoms with van der Waals surface area (Å²) in [5, 5.41) is 9.08. The second-order valence-electron chi connectivity index (χ2n) is 9.22. The van der Waals surface area contributed by atoms with E-state index in [-0.39, 0.29) is 5.91 Å². The molecule has 0 bridgehead atoms. The molecule has 35 heavy (non-hydrogen) atoms. The van der Waals surface area contributed by atoms with Crippen molar-refractivity contribution in [3.63, 3.8) is 0 Å². The first-order valence-corrected chi connectivity index (χ1v) is 12.2. The van der Waals surface area contributed by atoms with Crippen LogP contribution in [0.1, 0.15) is 46.3 Å². The number of carbonyl (C=O) groups excluding carboxylic acids is 2. The molecule has 2 aliphatic rings. The summed E-state index contributed by atoms with van der Waals surface area (Å²) in [5.74, 6) is -0.795. The molecule has 3 N–H and O–H groups in total. The highest BCUT2D eigenvalue weighted by Crippen LogP contribution is 2.29. The molecule has 0 spiro atoms. The first-order valence-electron chi connectivity index (χ1n) is 12.2. The number of hydrogen-bond donors (Lipinski definition) is 3. The quantitative estimate of drug-likeness (QED) is 0.333. The Balaban J connectivity index is 1.35. The van der Waals surface area contributed by atoms with Gasteiger partial charge in [-0.15, -0.1) is 0 Å². The molecule has 6 nitrogen and oxygen atoms in total. The Bertz CT molecular complexity index is 1270. The number of hydrogen-bond acceptors (Lipinski definition) is 5. The molecule has 3 aromatic rings. The molecule has 0 aliphatic carbocycles. The van der Waals surface area contributed by atoms with Crippen LogP contribution in [0.15, 0.2) is 72.9 Å². The van der Waals surface area contributed by atoms with Crippen LogP contribution in [0.4, 0.5) is 17.1 Å². The van der Waals surface area contributed by atoms with Crippen LogP contribution < -0.4 is 16.0 Å². The highest BCUT2D eigenvalue weighted by Gasteiger charge is 2.27. The van der Waals surface area contributed by atoms with Crippen LogP contribution in [-0.2, 0) is 11.3 Å². The van der Waals surface area contributed by atoms with E-state index in [0.717, 1.165) is 29.2 Å². The van der Waals surface area contributed by atoms with E-state index in [1.807, 2.05) is 55.5 Å². The summed E-state index contributed by atoms with van der Waals surface area (Å²) in [6.07, 6.45) is 5.57. The molecule has 1 saturated heterocycles. The number of aryl methyl sites for hydroxylation is 1. The van der Waals surface area contributed by atoms with Gasteiger partial charge in [0, 0.05) is 40.9 Å². The number of likely N-dealkylation sites (tertiary alicyclic amines) is 1. The van der Waals surface area contributed by atoms with Crippen molar-refractivity contribution in [2.75, 3.05) is 23.7 Å². The van der Waals surface area contributed by atoms with Gasteiger partial charge in [-0.1, -0.05) is 36.8 Å². The minimum Gasteiger partial charge on any atom is -0.361 e. The molecule has 0 aromatic heterocycles. The maximum atomic E-state index is 12.7. The standard InChI is InChI=1S/C29H30N4O2/c1-20-7-3-4-8-27(20)31-23-13-14-24-25(17-23)26(29(35)32-28(24)34)18-30-22-11-9-21(10-12-22)19-33-15-5-2-6-16-33/h3-4,7-14,17-18,30-31H,2,5-6,15-16,19H2,1H3,(H,32,34,35)/b26-18+. The third kappa shape index (κ3) is 5.28. The van der Waals surface area contributed by atoms with E-state index in [4.69, 9.17) is 0 Å². The molecular weight excluding hydrogens is 436 g/mol. The van der Waals surface area contributed by atoms with E-state index in [0.29, 0.717) is 16.7 Å². The van der Waals surface area contributed by atoms with Crippen LogP contribution in [0.2, 0.25) is 0 Å². The number of benzene rings is 3. The van der Waals surface area contributed by atoms with E-state index in [1.54, 1.807) is 12.3 Å². The maximum absolute atomic E-state index is 12.7. The fourth-order valence-electron chi connectivity index (χ4n) is 4.65. The molecule has 3 aromatic carbocycles. The summed E-state index contributed by atoms with van der Waals surface area (Å²) in [6, 6.07) is 21.8. The maximum Gasteiger partial charge on any atom is 0.260 e. The normalized spacial score (nSPS) is 17.1. The predicted octanol–water partition coefficient (Wildman–Crippen LogP) is 5.45. The largest absolute Gasteiger partial charge is 0.361 e. The van der Waals surface area contributed by atoms with E-state index in [1.165, 1.54) is 37.9 Å². The number of rotatable bonds is 6. The first kappa shape index (κ1) is 22.9. The second kappa shape index (κ2) is 10.2. The van der Waals surface area contributed by atoms with Gasteiger partial charge in [0.05, 0.1) is 5.57 Å². The van der Waals surface area contributed by atoms with Gasteiger partial charge in [0.15, 0.2) is 0 Å². The zero-order valence-corrected chi connectivity index (χ0v) is 19.9. The van der Waals surface area contributed by atoms with Crippen molar-refractivity contribution in [2.24, 2.45) is 0 Å². The Labute approximate surface area is 206 Å². The lowest BCUT2D eigenvalue weighted by atomic mass is 9.94. The zero-order valence-electron chi connectivity index (χ0n) is 19.9. The van der Waals surface area contributed by atoms with Crippen LogP contribution in [0.3, 0.4) is 0 Å². The lowest BCUT2D eigenvalue weighted by Gasteiger charge is -2.26.